The monoisotopic (exact) mass is 284 g/mol. The topological polar surface area (TPSA) is 38.7 Å². The Balaban J connectivity index is 2.06. The van der Waals surface area contributed by atoms with E-state index in [1.165, 1.54) is 5.57 Å². The number of aliphatic hydroxyl groups is 1. The minimum atomic E-state index is -1.74. The van der Waals surface area contributed by atoms with E-state index in [1.54, 1.807) is 0 Å². The third-order valence-corrected chi connectivity index (χ3v) is 9.56. The first-order valence-electron chi connectivity index (χ1n) is 7.34. The van der Waals surface area contributed by atoms with Gasteiger partial charge >= 0.3 is 0 Å². The summed E-state index contributed by atoms with van der Waals surface area (Å²) in [5.41, 5.74) is 2.42. The highest BCUT2D eigenvalue weighted by Gasteiger charge is 2.39. The average Bonchev–Trinajstić information content (AvgIpc) is 2.60. The fourth-order valence-electron chi connectivity index (χ4n) is 2.60. The maximum atomic E-state index is 10.2. The van der Waals surface area contributed by atoms with Crippen molar-refractivity contribution in [3.05, 3.63) is 11.1 Å². The lowest BCUT2D eigenvalue weighted by Gasteiger charge is -2.36. The van der Waals surface area contributed by atoms with Crippen LogP contribution in [0.2, 0.25) is 18.1 Å². The summed E-state index contributed by atoms with van der Waals surface area (Å²) in [5.74, 6) is 0.529. The van der Waals surface area contributed by atoms with E-state index in [2.05, 4.69) is 33.9 Å². The summed E-state index contributed by atoms with van der Waals surface area (Å²) in [6.07, 6.45) is 1.61. The van der Waals surface area contributed by atoms with E-state index in [0.29, 0.717) is 19.1 Å². The molecule has 4 heteroatoms. The summed E-state index contributed by atoms with van der Waals surface area (Å²) in [5, 5.41) is 10.5. The number of ether oxygens (including phenoxy) is 1. The minimum Gasteiger partial charge on any atom is -0.413 e. The van der Waals surface area contributed by atoms with Crippen LogP contribution in [0, 0.1) is 5.92 Å². The quantitative estimate of drug-likeness (QED) is 0.639. The average molecular weight is 284 g/mol. The van der Waals surface area contributed by atoms with Crippen molar-refractivity contribution < 1.29 is 14.3 Å². The maximum Gasteiger partial charge on any atom is 0.192 e. The highest BCUT2D eigenvalue weighted by molar-refractivity contribution is 6.74. The second kappa shape index (κ2) is 5.32. The first kappa shape index (κ1) is 15.2. The van der Waals surface area contributed by atoms with Crippen LogP contribution in [0.15, 0.2) is 11.1 Å². The number of hydrogen-bond donors (Lipinski definition) is 1. The van der Waals surface area contributed by atoms with Gasteiger partial charge in [0.1, 0.15) is 0 Å². The zero-order valence-corrected chi connectivity index (χ0v) is 14.0. The van der Waals surface area contributed by atoms with Crippen molar-refractivity contribution in [2.24, 2.45) is 5.92 Å². The second-order valence-corrected chi connectivity index (χ2v) is 12.2. The maximum absolute atomic E-state index is 10.2. The summed E-state index contributed by atoms with van der Waals surface area (Å²) in [6, 6.07) is 0. The third kappa shape index (κ3) is 3.12. The zero-order valence-electron chi connectivity index (χ0n) is 13.0. The third-order valence-electron chi connectivity index (χ3n) is 5.08. The molecule has 1 aliphatic carbocycles. The molecule has 0 bridgehead atoms. The fourth-order valence-corrected chi connectivity index (χ4v) is 3.55. The van der Waals surface area contributed by atoms with Crippen LogP contribution < -0.4 is 0 Å². The van der Waals surface area contributed by atoms with Crippen LogP contribution >= 0.6 is 0 Å². The molecule has 3 nitrogen and oxygen atoms in total. The highest BCUT2D eigenvalue weighted by Crippen LogP contribution is 2.40. The molecule has 19 heavy (non-hydrogen) atoms. The Labute approximate surface area is 118 Å². The molecule has 0 radical (unpaired) electrons. The molecule has 0 aromatic carbocycles. The molecule has 0 spiro atoms. The van der Waals surface area contributed by atoms with Crippen LogP contribution in [0.25, 0.3) is 0 Å². The van der Waals surface area contributed by atoms with Gasteiger partial charge in [-0.25, -0.2) is 0 Å². The largest absolute Gasteiger partial charge is 0.413 e. The Bertz CT molecular complexity index is 368. The van der Waals surface area contributed by atoms with Gasteiger partial charge in [-0.2, -0.15) is 0 Å². The van der Waals surface area contributed by atoms with E-state index in [1.807, 2.05) is 0 Å². The molecule has 1 aliphatic heterocycles. The van der Waals surface area contributed by atoms with E-state index < -0.39 is 8.32 Å². The molecular formula is C15H28O3Si. The summed E-state index contributed by atoms with van der Waals surface area (Å²) < 4.78 is 11.8. The van der Waals surface area contributed by atoms with Crippen LogP contribution in [0.4, 0.5) is 0 Å². The first-order chi connectivity index (χ1) is 8.72. The lowest BCUT2D eigenvalue weighted by atomic mass is 9.96. The molecule has 2 aliphatic rings. The first-order valence-corrected chi connectivity index (χ1v) is 10.2. The van der Waals surface area contributed by atoms with Crippen molar-refractivity contribution >= 4 is 8.32 Å². The van der Waals surface area contributed by atoms with Crippen molar-refractivity contribution in [3.8, 4) is 0 Å². The van der Waals surface area contributed by atoms with Gasteiger partial charge in [-0.15, -0.1) is 0 Å². The molecule has 1 fully saturated rings. The van der Waals surface area contributed by atoms with Crippen molar-refractivity contribution in [3.63, 3.8) is 0 Å². The van der Waals surface area contributed by atoms with E-state index >= 15 is 0 Å². The SMILES string of the molecule is CC(C)(C)[Si](C)(C)OCC1=C2COCC[C@@H]2CC1O. The summed E-state index contributed by atoms with van der Waals surface area (Å²) in [7, 11) is -1.74. The van der Waals surface area contributed by atoms with Crippen LogP contribution in [0.1, 0.15) is 33.6 Å². The van der Waals surface area contributed by atoms with Gasteiger partial charge in [0.2, 0.25) is 0 Å². The smallest absolute Gasteiger partial charge is 0.192 e. The standard InChI is InChI=1S/C15H28O3Si/c1-15(2,3)19(4,5)18-10-13-12-9-17-7-6-11(12)8-14(13)16/h11,14,16H,6-10H2,1-5H3/t11-,14?/m1/s1. The summed E-state index contributed by atoms with van der Waals surface area (Å²) in [6.45, 7) is 13.4. The van der Waals surface area contributed by atoms with Crippen molar-refractivity contribution in [1.82, 2.24) is 0 Å². The Morgan fingerprint density at radius 3 is 2.68 bits per heavy atom. The van der Waals surface area contributed by atoms with Gasteiger partial charge in [0, 0.05) is 6.61 Å². The van der Waals surface area contributed by atoms with Gasteiger partial charge in [0.05, 0.1) is 19.3 Å². The number of hydrogen-bond acceptors (Lipinski definition) is 3. The van der Waals surface area contributed by atoms with Gasteiger partial charge in [-0.1, -0.05) is 20.8 Å². The van der Waals surface area contributed by atoms with Gasteiger partial charge in [-0.3, -0.25) is 0 Å². The van der Waals surface area contributed by atoms with Crippen LogP contribution in [-0.4, -0.2) is 39.3 Å². The van der Waals surface area contributed by atoms with E-state index in [4.69, 9.17) is 9.16 Å². The molecule has 1 heterocycles. The molecule has 0 amide bonds. The van der Waals surface area contributed by atoms with Crippen LogP contribution in [0.5, 0.6) is 0 Å². The summed E-state index contributed by atoms with van der Waals surface area (Å²) in [4.78, 5) is 0. The van der Waals surface area contributed by atoms with Gasteiger partial charge < -0.3 is 14.3 Å². The van der Waals surface area contributed by atoms with Crippen LogP contribution in [0.3, 0.4) is 0 Å². The Morgan fingerprint density at radius 1 is 1.37 bits per heavy atom. The van der Waals surface area contributed by atoms with Gasteiger partial charge in [-0.05, 0) is 48.0 Å². The number of aliphatic hydroxyl groups excluding tert-OH is 1. The molecule has 2 atom stereocenters. The summed E-state index contributed by atoms with van der Waals surface area (Å²) >= 11 is 0. The van der Waals surface area contributed by atoms with Crippen molar-refractivity contribution in [1.29, 1.82) is 0 Å². The zero-order chi connectivity index (χ0) is 14.3. The molecule has 0 aromatic heterocycles. The molecule has 1 unspecified atom stereocenters. The molecule has 110 valence electrons. The van der Waals surface area contributed by atoms with Crippen molar-refractivity contribution in [2.45, 2.75) is 57.8 Å². The number of fused-ring (bicyclic) bond motifs is 1. The van der Waals surface area contributed by atoms with E-state index in [-0.39, 0.29) is 11.1 Å². The van der Waals surface area contributed by atoms with E-state index in [0.717, 1.165) is 25.0 Å². The minimum absolute atomic E-state index is 0.213. The Kier molecular flexibility index (Phi) is 4.26. The molecule has 1 saturated heterocycles. The predicted octanol–water partition coefficient (Wildman–Crippen LogP) is 3.11. The normalized spacial score (nSPS) is 28.7. The number of rotatable bonds is 3. The predicted molar refractivity (Wildman–Crippen MR) is 79.7 cm³/mol. The highest BCUT2D eigenvalue weighted by atomic mass is 28.4. The Morgan fingerprint density at radius 2 is 2.05 bits per heavy atom. The fraction of sp³-hybridized carbons (Fsp3) is 0.867. The van der Waals surface area contributed by atoms with Gasteiger partial charge in [0.15, 0.2) is 8.32 Å². The molecule has 1 N–H and O–H groups in total. The molecule has 0 saturated carbocycles. The molecular weight excluding hydrogens is 256 g/mol. The molecule has 2 rings (SSSR count). The van der Waals surface area contributed by atoms with E-state index in [9.17, 15) is 5.11 Å². The lowest BCUT2D eigenvalue weighted by molar-refractivity contribution is 0.104. The van der Waals surface area contributed by atoms with Crippen molar-refractivity contribution in [2.75, 3.05) is 19.8 Å². The van der Waals surface area contributed by atoms with Gasteiger partial charge in [0.25, 0.3) is 0 Å². The second-order valence-electron chi connectivity index (χ2n) is 7.39. The lowest BCUT2D eigenvalue weighted by Crippen LogP contribution is -2.41. The molecule has 0 aromatic rings. The van der Waals surface area contributed by atoms with Crippen LogP contribution in [-0.2, 0) is 9.16 Å². The Hall–Kier alpha value is -0.163.